The van der Waals surface area contributed by atoms with Crippen LogP contribution >= 0.6 is 0 Å². The molecule has 0 unspecified atom stereocenters. The Balaban J connectivity index is 1.31. The van der Waals surface area contributed by atoms with E-state index < -0.39 is 0 Å². The molecule has 3 aromatic carbocycles. The zero-order chi connectivity index (χ0) is 26.5. The van der Waals surface area contributed by atoms with E-state index in [1.54, 1.807) is 0 Å². The van der Waals surface area contributed by atoms with Crippen LogP contribution in [0.3, 0.4) is 0 Å². The summed E-state index contributed by atoms with van der Waals surface area (Å²) >= 11 is 0. The quantitative estimate of drug-likeness (QED) is 0.369. The van der Waals surface area contributed by atoms with Crippen molar-refractivity contribution < 1.29 is 8.78 Å². The summed E-state index contributed by atoms with van der Waals surface area (Å²) in [5.74, 6) is 1.02. The van der Waals surface area contributed by atoms with Crippen LogP contribution < -0.4 is 5.32 Å². The number of aliphatic imine (C=N–C) groups is 1. The van der Waals surface area contributed by atoms with Gasteiger partial charge in [0.25, 0.3) is 0 Å². The Hall–Kier alpha value is -3.73. The highest BCUT2D eigenvalue weighted by molar-refractivity contribution is 6.24. The van der Waals surface area contributed by atoms with Gasteiger partial charge in [-0.2, -0.15) is 0 Å². The molecule has 1 fully saturated rings. The topological polar surface area (TPSA) is 27.6 Å². The molecule has 3 aromatic rings. The lowest BCUT2D eigenvalue weighted by Gasteiger charge is -2.36. The maximum Gasteiger partial charge on any atom is 0.134 e. The summed E-state index contributed by atoms with van der Waals surface area (Å²) in [7, 11) is 1.81. The first kappa shape index (κ1) is 25.9. The van der Waals surface area contributed by atoms with Crippen molar-refractivity contribution in [3.05, 3.63) is 113 Å². The third-order valence-electron chi connectivity index (χ3n) is 7.80. The van der Waals surface area contributed by atoms with Crippen molar-refractivity contribution >= 4 is 11.4 Å². The Morgan fingerprint density at radius 3 is 1.92 bits per heavy atom. The van der Waals surface area contributed by atoms with Gasteiger partial charge in [0.1, 0.15) is 17.5 Å². The molecule has 0 amide bonds. The molecule has 2 heterocycles. The van der Waals surface area contributed by atoms with Crippen LogP contribution in [0.4, 0.5) is 8.78 Å². The van der Waals surface area contributed by atoms with E-state index in [9.17, 15) is 8.78 Å². The summed E-state index contributed by atoms with van der Waals surface area (Å²) in [6.45, 7) is 4.17. The van der Waals surface area contributed by atoms with Gasteiger partial charge in [-0.05, 0) is 83.7 Å². The average molecular weight is 512 g/mol. The molecule has 0 aliphatic carbocycles. The van der Waals surface area contributed by atoms with Crippen LogP contribution in [0.2, 0.25) is 0 Å². The normalized spacial score (nSPS) is 17.8. The summed E-state index contributed by atoms with van der Waals surface area (Å²) < 4.78 is 27.0. The van der Waals surface area contributed by atoms with E-state index in [0.717, 1.165) is 73.3 Å². The van der Waals surface area contributed by atoms with Gasteiger partial charge < -0.3 is 10.2 Å². The molecule has 5 rings (SSSR count). The molecule has 1 saturated heterocycles. The number of hydrogen-bond donors (Lipinski definition) is 1. The second kappa shape index (κ2) is 11.8. The number of amidine groups is 1. The Kier molecular flexibility index (Phi) is 8.02. The molecule has 0 radical (unpaired) electrons. The maximum atomic E-state index is 13.7. The maximum absolute atomic E-state index is 13.7. The van der Waals surface area contributed by atoms with Gasteiger partial charge in [-0.15, -0.1) is 0 Å². The molecule has 2 aliphatic heterocycles. The van der Waals surface area contributed by atoms with Crippen LogP contribution in [0, 0.1) is 17.6 Å². The van der Waals surface area contributed by atoms with E-state index in [2.05, 4.69) is 52.6 Å². The molecule has 0 saturated carbocycles. The summed E-state index contributed by atoms with van der Waals surface area (Å²) in [5, 5.41) is 3.42. The fraction of sp³-hybridized carbons (Fsp3) is 0.303. The molecule has 0 aromatic heterocycles. The van der Waals surface area contributed by atoms with Crippen LogP contribution in [0.25, 0.3) is 16.7 Å². The van der Waals surface area contributed by atoms with Crippen LogP contribution in [0.15, 0.2) is 95.3 Å². The van der Waals surface area contributed by atoms with Crippen molar-refractivity contribution in [2.24, 2.45) is 10.9 Å². The molecule has 2 aliphatic rings. The number of allylic oxidation sites excluding steroid dienone is 1. The largest absolute Gasteiger partial charge is 0.374 e. The Labute approximate surface area is 224 Å². The van der Waals surface area contributed by atoms with Gasteiger partial charge in [-0.25, -0.2) is 8.78 Å². The van der Waals surface area contributed by atoms with E-state index in [-0.39, 0.29) is 11.6 Å². The summed E-state index contributed by atoms with van der Waals surface area (Å²) in [5.41, 5.74) is 8.16. The highest BCUT2D eigenvalue weighted by Gasteiger charge is 2.27. The number of hydrogen-bond acceptors (Lipinski definition) is 2. The molecule has 0 atom stereocenters. The number of halogens is 2. The van der Waals surface area contributed by atoms with Gasteiger partial charge >= 0.3 is 0 Å². The monoisotopic (exact) mass is 511 g/mol. The van der Waals surface area contributed by atoms with Gasteiger partial charge in [0, 0.05) is 44.0 Å². The van der Waals surface area contributed by atoms with E-state index in [1.807, 2.05) is 31.3 Å². The van der Waals surface area contributed by atoms with Crippen LogP contribution in [0.5, 0.6) is 0 Å². The number of nitrogens with zero attached hydrogens (tertiary/aromatic N) is 2. The molecule has 5 heteroatoms. The predicted octanol–water partition coefficient (Wildman–Crippen LogP) is 7.61. The summed E-state index contributed by atoms with van der Waals surface area (Å²) in [6.07, 6.45) is 7.22. The van der Waals surface area contributed by atoms with Crippen molar-refractivity contribution in [3.8, 4) is 11.1 Å². The molecule has 196 valence electrons. The average Bonchev–Trinajstić information content (AvgIpc) is 3.14. The molecule has 0 bridgehead atoms. The van der Waals surface area contributed by atoms with Crippen LogP contribution in [-0.4, -0.2) is 30.9 Å². The first-order chi connectivity index (χ1) is 18.5. The van der Waals surface area contributed by atoms with Gasteiger partial charge in [-0.3, -0.25) is 4.99 Å². The molecule has 1 N–H and O–H groups in total. The first-order valence-corrected chi connectivity index (χ1v) is 13.5. The van der Waals surface area contributed by atoms with Crippen molar-refractivity contribution in [3.63, 3.8) is 0 Å². The minimum Gasteiger partial charge on any atom is -0.374 e. The fourth-order valence-corrected chi connectivity index (χ4v) is 5.54. The minimum absolute atomic E-state index is 0.211. The van der Waals surface area contributed by atoms with Crippen molar-refractivity contribution in [2.75, 3.05) is 20.1 Å². The number of benzene rings is 3. The Morgan fingerprint density at radius 1 is 0.816 bits per heavy atom. The fourth-order valence-electron chi connectivity index (χ4n) is 5.54. The minimum atomic E-state index is -0.230. The van der Waals surface area contributed by atoms with Gasteiger partial charge in [-0.1, -0.05) is 55.5 Å². The Morgan fingerprint density at radius 2 is 1.37 bits per heavy atom. The van der Waals surface area contributed by atoms with Crippen molar-refractivity contribution in [2.45, 2.75) is 39.0 Å². The zero-order valence-corrected chi connectivity index (χ0v) is 22.2. The summed E-state index contributed by atoms with van der Waals surface area (Å²) in [6, 6.07) is 22.1. The molecule has 0 spiro atoms. The highest BCUT2D eigenvalue weighted by atomic mass is 19.1. The number of piperidine rings is 1. The van der Waals surface area contributed by atoms with Gasteiger partial charge in [0.2, 0.25) is 0 Å². The standard InChI is InChI=1S/C33H35F2N3/c1-3-23-21-31(32(33(36-2)37-22-23)28-10-14-30(35)15-11-28)38-18-16-25(17-19-38)20-24-4-6-26(7-5-24)27-8-12-29(34)13-9-27/h4-15,22,25H,3,16-21H2,1-2H3,(H,36,37). The number of nitrogens with one attached hydrogen (secondary N) is 1. The lowest BCUT2D eigenvalue weighted by molar-refractivity contribution is 0.223. The van der Waals surface area contributed by atoms with E-state index >= 15 is 0 Å². The Bertz CT molecular complexity index is 1330. The van der Waals surface area contributed by atoms with E-state index in [4.69, 9.17) is 0 Å². The van der Waals surface area contributed by atoms with E-state index in [1.165, 1.54) is 41.1 Å². The number of likely N-dealkylation sites (tertiary alicyclic amines) is 1. The van der Waals surface area contributed by atoms with Crippen LogP contribution in [0.1, 0.15) is 43.7 Å². The highest BCUT2D eigenvalue weighted by Crippen LogP contribution is 2.34. The van der Waals surface area contributed by atoms with Crippen LogP contribution in [-0.2, 0) is 6.42 Å². The van der Waals surface area contributed by atoms with Crippen molar-refractivity contribution in [1.29, 1.82) is 0 Å². The lowest BCUT2D eigenvalue weighted by atomic mass is 9.88. The SMILES string of the molecule is CCC1=CNC(=NC)C(c2ccc(F)cc2)=C(N2CCC(Cc3ccc(-c4ccc(F)cc4)cc3)CC2)C1. The zero-order valence-electron chi connectivity index (χ0n) is 22.2. The third-order valence-corrected chi connectivity index (χ3v) is 7.80. The van der Waals surface area contributed by atoms with Gasteiger partial charge in [0.05, 0.1) is 0 Å². The third kappa shape index (κ3) is 5.88. The number of rotatable bonds is 6. The molecular weight excluding hydrogens is 476 g/mol. The summed E-state index contributed by atoms with van der Waals surface area (Å²) in [4.78, 5) is 7.09. The second-order valence-corrected chi connectivity index (χ2v) is 10.2. The predicted molar refractivity (Wildman–Crippen MR) is 153 cm³/mol. The molecule has 3 nitrogen and oxygen atoms in total. The lowest BCUT2D eigenvalue weighted by Crippen LogP contribution is -2.35. The molecule has 38 heavy (non-hydrogen) atoms. The molecular formula is C33H35F2N3. The first-order valence-electron chi connectivity index (χ1n) is 13.5. The van der Waals surface area contributed by atoms with Crippen molar-refractivity contribution in [1.82, 2.24) is 10.2 Å². The van der Waals surface area contributed by atoms with Gasteiger partial charge in [0.15, 0.2) is 0 Å². The second-order valence-electron chi connectivity index (χ2n) is 10.2. The van der Waals surface area contributed by atoms with E-state index in [0.29, 0.717) is 5.92 Å². The smallest absolute Gasteiger partial charge is 0.134 e.